The van der Waals surface area contributed by atoms with Gasteiger partial charge in [-0.3, -0.25) is 4.79 Å². The molecule has 0 unspecified atom stereocenters. The Labute approximate surface area is 250 Å². The molecule has 2 nitrogen and oxygen atoms in total. The quantitative estimate of drug-likeness (QED) is 0.360. The molecule has 0 spiro atoms. The van der Waals surface area contributed by atoms with Crippen LogP contribution < -0.4 is 0 Å². The third kappa shape index (κ3) is 3.79. The lowest BCUT2D eigenvalue weighted by Gasteiger charge is -2.72. The van der Waals surface area contributed by atoms with Gasteiger partial charge in [0, 0.05) is 0 Å². The Morgan fingerprint density at radius 2 is 1.64 bits per heavy atom. The van der Waals surface area contributed by atoms with Gasteiger partial charge in [-0.1, -0.05) is 65.0 Å². The lowest BCUT2D eigenvalue weighted by Crippen LogP contribution is -2.65. The third-order valence-corrected chi connectivity index (χ3v) is 14.6. The summed E-state index contributed by atoms with van der Waals surface area (Å²) in [6, 6.07) is 5.90. The summed E-state index contributed by atoms with van der Waals surface area (Å²) >= 11 is 0. The lowest BCUT2D eigenvalue weighted by molar-refractivity contribution is -0.227. The van der Waals surface area contributed by atoms with Gasteiger partial charge in [0.1, 0.15) is 0 Å². The maximum atomic E-state index is 13.6. The van der Waals surface area contributed by atoms with E-state index in [2.05, 4.69) is 54.2 Å². The first kappa shape index (κ1) is 30.0. The van der Waals surface area contributed by atoms with E-state index in [-0.39, 0.29) is 33.5 Å². The van der Waals surface area contributed by atoms with Crippen molar-refractivity contribution in [3.05, 3.63) is 53.6 Å². The summed E-state index contributed by atoms with van der Waals surface area (Å²) < 4.78 is 40.9. The first-order valence-electron chi connectivity index (χ1n) is 16.2. The van der Waals surface area contributed by atoms with Crippen molar-refractivity contribution in [1.29, 1.82) is 0 Å². The standard InChI is InChI=1S/C37H49F3O2/c1-22(2)25-13-18-36(31(41)42)20-19-34(6)27(30(25)36)11-12-29-33(5)16-14-26(23-9-8-10-24(21-23)37(38,39)40)32(3,4)28(33)15-17-35(29,34)7/h8-10,14,21,25,27-30H,1,11-13,15-20H2,2-7H3,(H,41,42)/t25-,27+,28-,29+,30+,33-,34+,35+,36-/m0/s1. The summed E-state index contributed by atoms with van der Waals surface area (Å²) in [7, 11) is 0. The predicted octanol–water partition coefficient (Wildman–Crippen LogP) is 10.4. The van der Waals surface area contributed by atoms with Gasteiger partial charge in [-0.05, 0) is 139 Å². The van der Waals surface area contributed by atoms with Crippen molar-refractivity contribution in [1.82, 2.24) is 0 Å². The van der Waals surface area contributed by atoms with E-state index in [1.54, 1.807) is 6.07 Å². The summed E-state index contributed by atoms with van der Waals surface area (Å²) in [6.07, 6.45) is 6.54. The molecular weight excluding hydrogens is 533 g/mol. The predicted molar refractivity (Wildman–Crippen MR) is 161 cm³/mol. The van der Waals surface area contributed by atoms with Crippen LogP contribution in [0.15, 0.2) is 42.5 Å². The van der Waals surface area contributed by atoms with Crippen LogP contribution in [0.2, 0.25) is 0 Å². The average molecular weight is 583 g/mol. The summed E-state index contributed by atoms with van der Waals surface area (Å²) in [4.78, 5) is 12.9. The van der Waals surface area contributed by atoms with Crippen molar-refractivity contribution in [3.63, 3.8) is 0 Å². The average Bonchev–Trinajstić information content (AvgIpc) is 3.30. The molecule has 6 rings (SSSR count). The highest BCUT2D eigenvalue weighted by atomic mass is 19.4. The zero-order chi connectivity index (χ0) is 30.7. The molecule has 0 aromatic heterocycles. The molecule has 0 bridgehead atoms. The van der Waals surface area contributed by atoms with Gasteiger partial charge in [-0.15, -0.1) is 0 Å². The van der Waals surface area contributed by atoms with Gasteiger partial charge in [-0.25, -0.2) is 0 Å². The molecule has 0 saturated heterocycles. The summed E-state index contributed by atoms with van der Waals surface area (Å²) in [5, 5.41) is 10.6. The molecule has 5 aliphatic carbocycles. The number of allylic oxidation sites excluding steroid dienone is 3. The van der Waals surface area contributed by atoms with Gasteiger partial charge in [0.25, 0.3) is 0 Å². The zero-order valence-electron chi connectivity index (χ0n) is 26.3. The molecular formula is C37H49F3O2. The molecule has 0 radical (unpaired) electrons. The largest absolute Gasteiger partial charge is 0.481 e. The SMILES string of the molecule is C=C(C)[C@@H]1CC[C@]2(C(=O)O)CC[C@]3(C)[C@H](CC[C@@H]4[C@@]5(C)CC=C(c6cccc(C(F)(F)F)c6)C(C)(C)[C@@H]5CC[C@]43C)[C@@H]12. The van der Waals surface area contributed by atoms with E-state index in [9.17, 15) is 23.1 Å². The van der Waals surface area contributed by atoms with Gasteiger partial charge in [-0.2, -0.15) is 13.2 Å². The van der Waals surface area contributed by atoms with Crippen molar-refractivity contribution >= 4 is 11.5 Å². The Kier molecular flexibility index (Phi) is 6.60. The number of fused-ring (bicyclic) bond motifs is 7. The normalized spacial score (nSPS) is 44.2. The molecule has 1 N–H and O–H groups in total. The number of carboxylic acids is 1. The van der Waals surface area contributed by atoms with Crippen LogP contribution in [0.25, 0.3) is 5.57 Å². The van der Waals surface area contributed by atoms with Gasteiger partial charge in [0.15, 0.2) is 0 Å². The molecule has 4 fully saturated rings. The fourth-order valence-corrected chi connectivity index (χ4v) is 12.5. The smallest absolute Gasteiger partial charge is 0.416 e. The fraction of sp³-hybridized carbons (Fsp3) is 0.703. The minimum absolute atomic E-state index is 0.0420. The summed E-state index contributed by atoms with van der Waals surface area (Å²) in [5.74, 6) is 1.08. The number of benzene rings is 1. The van der Waals surface area contributed by atoms with Gasteiger partial charge >= 0.3 is 12.1 Å². The molecule has 4 saturated carbocycles. The van der Waals surface area contributed by atoms with Crippen LogP contribution in [0.5, 0.6) is 0 Å². The van der Waals surface area contributed by atoms with Crippen LogP contribution in [0.3, 0.4) is 0 Å². The van der Waals surface area contributed by atoms with Gasteiger partial charge < -0.3 is 5.11 Å². The van der Waals surface area contributed by atoms with Crippen LogP contribution >= 0.6 is 0 Å². The molecule has 1 aromatic rings. The Balaban J connectivity index is 1.38. The van der Waals surface area contributed by atoms with E-state index in [1.807, 2.05) is 6.07 Å². The number of hydrogen-bond donors (Lipinski definition) is 1. The maximum Gasteiger partial charge on any atom is 0.416 e. The van der Waals surface area contributed by atoms with E-state index in [0.29, 0.717) is 23.3 Å². The highest BCUT2D eigenvalue weighted by Gasteiger charge is 2.71. The molecule has 0 heterocycles. The molecule has 230 valence electrons. The molecule has 0 aliphatic heterocycles. The Morgan fingerprint density at radius 1 is 0.929 bits per heavy atom. The number of rotatable bonds is 3. The second kappa shape index (κ2) is 9.24. The van der Waals surface area contributed by atoms with Crippen LogP contribution in [-0.2, 0) is 11.0 Å². The highest BCUT2D eigenvalue weighted by molar-refractivity contribution is 5.76. The Morgan fingerprint density at radius 3 is 2.29 bits per heavy atom. The summed E-state index contributed by atoms with van der Waals surface area (Å²) in [5.41, 5.74) is 1.64. The second-order valence-electron chi connectivity index (χ2n) is 16.3. The minimum Gasteiger partial charge on any atom is -0.481 e. The van der Waals surface area contributed by atoms with E-state index < -0.39 is 23.1 Å². The number of alkyl halides is 3. The van der Waals surface area contributed by atoms with Crippen molar-refractivity contribution in [2.75, 3.05) is 0 Å². The first-order valence-corrected chi connectivity index (χ1v) is 16.2. The van der Waals surface area contributed by atoms with Crippen molar-refractivity contribution in [3.8, 4) is 0 Å². The molecule has 0 amide bonds. The van der Waals surface area contributed by atoms with Crippen LogP contribution in [-0.4, -0.2) is 11.1 Å². The van der Waals surface area contributed by atoms with Gasteiger partial charge in [0.2, 0.25) is 0 Å². The number of hydrogen-bond acceptors (Lipinski definition) is 1. The maximum absolute atomic E-state index is 13.6. The summed E-state index contributed by atoms with van der Waals surface area (Å²) in [6.45, 7) is 18.5. The molecule has 1 aromatic carbocycles. The van der Waals surface area contributed by atoms with Crippen LogP contribution in [0.4, 0.5) is 13.2 Å². The number of halogens is 3. The van der Waals surface area contributed by atoms with E-state index in [1.165, 1.54) is 12.1 Å². The molecule has 5 aliphatic rings. The van der Waals surface area contributed by atoms with E-state index in [0.717, 1.165) is 68.9 Å². The second-order valence-corrected chi connectivity index (χ2v) is 16.3. The lowest BCUT2D eigenvalue weighted by atomic mass is 9.32. The van der Waals surface area contributed by atoms with Crippen LogP contribution in [0.1, 0.15) is 110 Å². The monoisotopic (exact) mass is 582 g/mol. The van der Waals surface area contributed by atoms with Crippen molar-refractivity contribution < 1.29 is 23.1 Å². The minimum atomic E-state index is -4.36. The Bertz CT molecular complexity index is 1340. The number of carboxylic acid groups (broad SMARTS) is 1. The first-order chi connectivity index (χ1) is 19.4. The van der Waals surface area contributed by atoms with E-state index >= 15 is 0 Å². The fourth-order valence-electron chi connectivity index (χ4n) is 12.5. The molecule has 9 atom stereocenters. The van der Waals surface area contributed by atoms with Crippen molar-refractivity contribution in [2.24, 2.45) is 56.7 Å². The highest BCUT2D eigenvalue weighted by Crippen LogP contribution is 2.77. The van der Waals surface area contributed by atoms with Crippen molar-refractivity contribution in [2.45, 2.75) is 106 Å². The molecule has 5 heteroatoms. The third-order valence-electron chi connectivity index (χ3n) is 14.6. The van der Waals surface area contributed by atoms with Gasteiger partial charge in [0.05, 0.1) is 11.0 Å². The molecule has 42 heavy (non-hydrogen) atoms. The topological polar surface area (TPSA) is 37.3 Å². The van der Waals surface area contributed by atoms with Crippen LogP contribution in [0, 0.1) is 56.7 Å². The number of carbonyl (C=O) groups is 1. The van der Waals surface area contributed by atoms with E-state index in [4.69, 9.17) is 0 Å². The Hall–Kier alpha value is -2.04. The zero-order valence-corrected chi connectivity index (χ0v) is 26.3. The number of aliphatic carboxylic acids is 1.